The smallest absolute Gasteiger partial charge is 0.254 e. The Kier molecular flexibility index (Phi) is 4.45. The fraction of sp³-hybridized carbons (Fsp3) is 0.188. The van der Waals surface area contributed by atoms with E-state index in [2.05, 4.69) is 5.32 Å². The van der Waals surface area contributed by atoms with Crippen LogP contribution in [-0.4, -0.2) is 12.5 Å². The van der Waals surface area contributed by atoms with Crippen LogP contribution in [0.15, 0.2) is 42.5 Å². The molecular weight excluding hydrogens is 260 g/mol. The maximum Gasteiger partial charge on any atom is 0.254 e. The summed E-state index contributed by atoms with van der Waals surface area (Å²) in [6.07, 6.45) is 0.569. The van der Waals surface area contributed by atoms with Crippen LogP contribution in [0.1, 0.15) is 21.5 Å². The van der Waals surface area contributed by atoms with E-state index in [0.717, 1.165) is 11.1 Å². The number of carbonyl (C=O) groups excluding carboxylic acids is 1. The van der Waals surface area contributed by atoms with Gasteiger partial charge in [0.25, 0.3) is 5.91 Å². The largest absolute Gasteiger partial charge is 0.352 e. The first-order valence-electron chi connectivity index (χ1n) is 6.35. The fourth-order valence-electron chi connectivity index (χ4n) is 1.87. The molecule has 0 aliphatic carbocycles. The van der Waals surface area contributed by atoms with Crippen LogP contribution in [0, 0.1) is 18.6 Å². The number of hydrogen-bond acceptors (Lipinski definition) is 1. The molecule has 0 heterocycles. The molecule has 0 fully saturated rings. The second-order valence-electron chi connectivity index (χ2n) is 4.62. The average molecular weight is 275 g/mol. The topological polar surface area (TPSA) is 29.1 Å². The van der Waals surface area contributed by atoms with Gasteiger partial charge in [-0.1, -0.05) is 18.2 Å². The van der Waals surface area contributed by atoms with Gasteiger partial charge < -0.3 is 5.32 Å². The number of aryl methyl sites for hydroxylation is 1. The van der Waals surface area contributed by atoms with Gasteiger partial charge in [-0.3, -0.25) is 4.79 Å². The summed E-state index contributed by atoms with van der Waals surface area (Å²) >= 11 is 0. The van der Waals surface area contributed by atoms with E-state index in [1.807, 2.05) is 0 Å². The van der Waals surface area contributed by atoms with Crippen molar-refractivity contribution in [1.82, 2.24) is 5.32 Å². The molecule has 0 radical (unpaired) electrons. The third-order valence-electron chi connectivity index (χ3n) is 2.98. The number of amides is 1. The van der Waals surface area contributed by atoms with E-state index in [0.29, 0.717) is 13.0 Å². The second-order valence-corrected chi connectivity index (χ2v) is 4.62. The summed E-state index contributed by atoms with van der Waals surface area (Å²) in [6, 6.07) is 10.6. The Morgan fingerprint density at radius 2 is 1.80 bits per heavy atom. The van der Waals surface area contributed by atoms with E-state index in [1.165, 1.54) is 24.3 Å². The lowest BCUT2D eigenvalue weighted by Gasteiger charge is -2.07. The average Bonchev–Trinajstić information content (AvgIpc) is 2.41. The Morgan fingerprint density at radius 1 is 1.10 bits per heavy atom. The van der Waals surface area contributed by atoms with Gasteiger partial charge in [0.15, 0.2) is 0 Å². The molecule has 104 valence electrons. The molecule has 1 N–H and O–H groups in total. The minimum Gasteiger partial charge on any atom is -0.352 e. The standard InChI is InChI=1S/C16H15F2NO/c1-11-2-7-14(15(18)10-11)16(20)19-9-8-12-3-5-13(17)6-4-12/h2-7,10H,8-9H2,1H3,(H,19,20). The number of benzene rings is 2. The molecule has 2 aromatic rings. The number of nitrogens with one attached hydrogen (secondary N) is 1. The number of carbonyl (C=O) groups is 1. The monoisotopic (exact) mass is 275 g/mol. The zero-order chi connectivity index (χ0) is 14.5. The Bertz CT molecular complexity index is 608. The first kappa shape index (κ1) is 14.2. The van der Waals surface area contributed by atoms with Crippen molar-refractivity contribution >= 4 is 5.91 Å². The van der Waals surface area contributed by atoms with Crippen molar-refractivity contribution < 1.29 is 13.6 Å². The van der Waals surface area contributed by atoms with Gasteiger partial charge in [-0.2, -0.15) is 0 Å². The molecule has 2 rings (SSSR count). The molecule has 2 nitrogen and oxygen atoms in total. The van der Waals surface area contributed by atoms with Crippen LogP contribution in [0.4, 0.5) is 8.78 Å². The van der Waals surface area contributed by atoms with Crippen molar-refractivity contribution in [3.05, 3.63) is 70.8 Å². The minimum atomic E-state index is -0.524. The summed E-state index contributed by atoms with van der Waals surface area (Å²) in [4.78, 5) is 11.8. The van der Waals surface area contributed by atoms with Crippen LogP contribution in [0.2, 0.25) is 0 Å². The van der Waals surface area contributed by atoms with Crippen molar-refractivity contribution in [3.63, 3.8) is 0 Å². The number of hydrogen-bond donors (Lipinski definition) is 1. The second kappa shape index (κ2) is 6.28. The van der Waals surface area contributed by atoms with Gasteiger partial charge in [-0.15, -0.1) is 0 Å². The van der Waals surface area contributed by atoms with Crippen molar-refractivity contribution in [2.24, 2.45) is 0 Å². The van der Waals surface area contributed by atoms with Gasteiger partial charge in [0, 0.05) is 6.54 Å². The third-order valence-corrected chi connectivity index (χ3v) is 2.98. The van der Waals surface area contributed by atoms with Crippen molar-refractivity contribution in [2.75, 3.05) is 6.54 Å². The van der Waals surface area contributed by atoms with Crippen molar-refractivity contribution in [2.45, 2.75) is 13.3 Å². The SMILES string of the molecule is Cc1ccc(C(=O)NCCc2ccc(F)cc2)c(F)c1. The van der Waals surface area contributed by atoms with E-state index in [9.17, 15) is 13.6 Å². The molecule has 0 unspecified atom stereocenters. The van der Waals surface area contributed by atoms with Gasteiger partial charge in [-0.05, 0) is 48.7 Å². The molecule has 0 aromatic heterocycles. The van der Waals surface area contributed by atoms with Crippen molar-refractivity contribution in [3.8, 4) is 0 Å². The number of rotatable bonds is 4. The zero-order valence-electron chi connectivity index (χ0n) is 11.1. The van der Waals surface area contributed by atoms with Gasteiger partial charge >= 0.3 is 0 Å². The maximum atomic E-state index is 13.6. The molecule has 0 bridgehead atoms. The lowest BCUT2D eigenvalue weighted by atomic mass is 10.1. The Hall–Kier alpha value is -2.23. The first-order chi connectivity index (χ1) is 9.56. The summed E-state index contributed by atoms with van der Waals surface area (Å²) in [5.74, 6) is -1.26. The molecule has 0 aliphatic rings. The molecule has 0 saturated heterocycles. The predicted octanol–water partition coefficient (Wildman–Crippen LogP) is 3.25. The van der Waals surface area contributed by atoms with Crippen LogP contribution in [0.25, 0.3) is 0 Å². The van der Waals surface area contributed by atoms with E-state index in [4.69, 9.17) is 0 Å². The summed E-state index contributed by atoms with van der Waals surface area (Å²) in [6.45, 7) is 2.14. The lowest BCUT2D eigenvalue weighted by molar-refractivity contribution is 0.0950. The van der Waals surface area contributed by atoms with Crippen LogP contribution in [0.5, 0.6) is 0 Å². The number of halogens is 2. The molecule has 20 heavy (non-hydrogen) atoms. The molecule has 4 heteroatoms. The van der Waals surface area contributed by atoms with Crippen LogP contribution in [-0.2, 0) is 6.42 Å². The van der Waals surface area contributed by atoms with Crippen LogP contribution < -0.4 is 5.32 Å². The quantitative estimate of drug-likeness (QED) is 0.911. The molecule has 0 atom stereocenters. The molecular formula is C16H15F2NO. The van der Waals surface area contributed by atoms with Gasteiger partial charge in [-0.25, -0.2) is 8.78 Å². The van der Waals surface area contributed by atoms with Crippen molar-refractivity contribution in [1.29, 1.82) is 0 Å². The Balaban J connectivity index is 1.90. The summed E-state index contributed by atoms with van der Waals surface area (Å²) < 4.78 is 26.3. The molecule has 2 aromatic carbocycles. The highest BCUT2D eigenvalue weighted by Gasteiger charge is 2.10. The van der Waals surface area contributed by atoms with Gasteiger partial charge in [0.05, 0.1) is 5.56 Å². The molecule has 1 amide bonds. The lowest BCUT2D eigenvalue weighted by Crippen LogP contribution is -2.26. The van der Waals surface area contributed by atoms with E-state index >= 15 is 0 Å². The summed E-state index contributed by atoms with van der Waals surface area (Å²) in [5, 5.41) is 2.65. The Morgan fingerprint density at radius 3 is 2.45 bits per heavy atom. The summed E-state index contributed by atoms with van der Waals surface area (Å²) in [7, 11) is 0. The molecule has 0 saturated carbocycles. The van der Waals surface area contributed by atoms with E-state index in [-0.39, 0.29) is 11.4 Å². The highest BCUT2D eigenvalue weighted by Crippen LogP contribution is 2.09. The normalized spacial score (nSPS) is 10.3. The highest BCUT2D eigenvalue weighted by atomic mass is 19.1. The van der Waals surface area contributed by atoms with Gasteiger partial charge in [0.1, 0.15) is 11.6 Å². The zero-order valence-corrected chi connectivity index (χ0v) is 11.1. The maximum absolute atomic E-state index is 13.6. The highest BCUT2D eigenvalue weighted by molar-refractivity contribution is 5.94. The van der Waals surface area contributed by atoms with Crippen LogP contribution >= 0.6 is 0 Å². The van der Waals surface area contributed by atoms with E-state index in [1.54, 1.807) is 25.1 Å². The third kappa shape index (κ3) is 3.63. The van der Waals surface area contributed by atoms with Gasteiger partial charge in [0.2, 0.25) is 0 Å². The van der Waals surface area contributed by atoms with Crippen LogP contribution in [0.3, 0.4) is 0 Å². The molecule has 0 aliphatic heterocycles. The first-order valence-corrected chi connectivity index (χ1v) is 6.35. The van der Waals surface area contributed by atoms with E-state index < -0.39 is 11.7 Å². The minimum absolute atomic E-state index is 0.0368. The summed E-state index contributed by atoms with van der Waals surface area (Å²) in [5.41, 5.74) is 1.72. The Labute approximate surface area is 116 Å². The molecule has 0 spiro atoms. The predicted molar refractivity (Wildman–Crippen MR) is 73.6 cm³/mol. The fourth-order valence-corrected chi connectivity index (χ4v) is 1.87.